The Morgan fingerprint density at radius 3 is 2.65 bits per heavy atom. The van der Waals surface area contributed by atoms with Crippen LogP contribution in [0.2, 0.25) is 0 Å². The Labute approximate surface area is 165 Å². The summed E-state index contributed by atoms with van der Waals surface area (Å²) in [6.45, 7) is 7.68. The highest BCUT2D eigenvalue weighted by molar-refractivity contribution is 7.98. The van der Waals surface area contributed by atoms with Crippen LogP contribution in [-0.2, 0) is 0 Å². The minimum atomic E-state index is -0.0152. The average Bonchev–Trinajstić information content (AvgIpc) is 2.97. The fourth-order valence-electron chi connectivity index (χ4n) is 8.16. The number of thioether (sulfide) groups is 1. The van der Waals surface area contributed by atoms with E-state index in [1.165, 1.54) is 57.1 Å². The first-order valence-corrected chi connectivity index (χ1v) is 12.7. The molecule has 1 N–H and O–H groups in total. The maximum absolute atomic E-state index is 10.2. The molecule has 0 amide bonds. The molecule has 4 fully saturated rings. The van der Waals surface area contributed by atoms with Gasteiger partial charge in [0, 0.05) is 0 Å². The fraction of sp³-hybridized carbons (Fsp3) is 0.917. The zero-order chi connectivity index (χ0) is 18.5. The Bertz CT molecular complexity index is 569. The third-order valence-electron chi connectivity index (χ3n) is 9.62. The average molecular weight is 377 g/mol. The summed E-state index contributed by atoms with van der Waals surface area (Å²) in [4.78, 5) is 0. The number of fused-ring (bicyclic) bond motifs is 5. The van der Waals surface area contributed by atoms with Gasteiger partial charge >= 0.3 is 0 Å². The van der Waals surface area contributed by atoms with Crippen molar-refractivity contribution < 1.29 is 5.11 Å². The molecule has 0 aromatic carbocycles. The summed E-state index contributed by atoms with van der Waals surface area (Å²) < 4.78 is 0. The maximum atomic E-state index is 10.2. The van der Waals surface area contributed by atoms with Crippen molar-refractivity contribution in [1.29, 1.82) is 0 Å². The van der Waals surface area contributed by atoms with E-state index in [0.717, 1.165) is 36.5 Å². The Morgan fingerprint density at radius 1 is 1.08 bits per heavy atom. The van der Waals surface area contributed by atoms with Crippen molar-refractivity contribution in [3.63, 3.8) is 0 Å². The zero-order valence-corrected chi connectivity index (χ0v) is 18.3. The van der Waals surface area contributed by atoms with E-state index in [1.54, 1.807) is 5.57 Å². The third-order valence-corrected chi connectivity index (χ3v) is 10.2. The SMILES string of the molecule is CSCCC(C)=C1CCC2C3CCC4CC(O)CCC4(C)C3CCC12C. The van der Waals surface area contributed by atoms with Gasteiger partial charge in [0.05, 0.1) is 6.10 Å². The Balaban J connectivity index is 1.58. The van der Waals surface area contributed by atoms with Gasteiger partial charge in [-0.05, 0) is 118 Å². The molecule has 7 atom stereocenters. The summed E-state index contributed by atoms with van der Waals surface area (Å²) >= 11 is 1.99. The van der Waals surface area contributed by atoms with Crippen LogP contribution in [0.4, 0.5) is 0 Å². The summed E-state index contributed by atoms with van der Waals surface area (Å²) in [6, 6.07) is 0. The standard InChI is InChI=1S/C24H40OS/c1-16(11-14-26-4)20-7-8-21-19-6-5-17-15-18(25)9-12-23(17,2)22(19)10-13-24(20,21)3/h17-19,21-22,25H,5-15H2,1-4H3. The zero-order valence-electron chi connectivity index (χ0n) is 17.5. The molecule has 0 aromatic heterocycles. The fourth-order valence-corrected chi connectivity index (χ4v) is 8.67. The van der Waals surface area contributed by atoms with Gasteiger partial charge in [0.1, 0.15) is 0 Å². The molecule has 4 rings (SSSR count). The van der Waals surface area contributed by atoms with Crippen LogP contribution in [0.1, 0.15) is 85.0 Å². The second-order valence-corrected chi connectivity index (χ2v) is 11.6. The minimum absolute atomic E-state index is 0.0152. The van der Waals surface area contributed by atoms with E-state index >= 15 is 0 Å². The van der Waals surface area contributed by atoms with Crippen molar-refractivity contribution in [1.82, 2.24) is 0 Å². The molecule has 26 heavy (non-hydrogen) atoms. The van der Waals surface area contributed by atoms with Crippen molar-refractivity contribution in [3.05, 3.63) is 11.1 Å². The molecule has 0 radical (unpaired) electrons. The third kappa shape index (κ3) is 2.93. The van der Waals surface area contributed by atoms with Crippen LogP contribution >= 0.6 is 11.8 Å². The number of aliphatic hydroxyl groups is 1. The summed E-state index contributed by atoms with van der Waals surface area (Å²) in [6.07, 6.45) is 15.5. The van der Waals surface area contributed by atoms with E-state index in [2.05, 4.69) is 27.0 Å². The normalized spacial score (nSPS) is 50.0. The first kappa shape index (κ1) is 19.4. The van der Waals surface area contributed by atoms with Crippen molar-refractivity contribution in [2.24, 2.45) is 34.5 Å². The molecule has 2 heteroatoms. The number of aliphatic hydroxyl groups excluding tert-OH is 1. The van der Waals surface area contributed by atoms with Crippen LogP contribution in [0, 0.1) is 34.5 Å². The number of hydrogen-bond acceptors (Lipinski definition) is 2. The lowest BCUT2D eigenvalue weighted by molar-refractivity contribution is -0.116. The van der Waals surface area contributed by atoms with Gasteiger partial charge in [-0.3, -0.25) is 0 Å². The van der Waals surface area contributed by atoms with E-state index < -0.39 is 0 Å². The molecule has 0 aromatic rings. The number of rotatable bonds is 3. The number of allylic oxidation sites excluding steroid dienone is 2. The molecule has 148 valence electrons. The van der Waals surface area contributed by atoms with Gasteiger partial charge in [-0.15, -0.1) is 0 Å². The lowest BCUT2D eigenvalue weighted by atomic mass is 9.45. The van der Waals surface area contributed by atoms with Crippen molar-refractivity contribution in [2.45, 2.75) is 91.1 Å². The second-order valence-electron chi connectivity index (χ2n) is 10.6. The van der Waals surface area contributed by atoms with Gasteiger partial charge in [-0.1, -0.05) is 25.0 Å². The largest absolute Gasteiger partial charge is 0.393 e. The van der Waals surface area contributed by atoms with Gasteiger partial charge < -0.3 is 5.11 Å². The van der Waals surface area contributed by atoms with Gasteiger partial charge in [-0.2, -0.15) is 11.8 Å². The molecule has 1 nitrogen and oxygen atoms in total. The van der Waals surface area contributed by atoms with Crippen LogP contribution in [0.25, 0.3) is 0 Å². The van der Waals surface area contributed by atoms with Crippen molar-refractivity contribution in [3.8, 4) is 0 Å². The van der Waals surface area contributed by atoms with E-state index in [0.29, 0.717) is 10.8 Å². The Morgan fingerprint density at radius 2 is 1.88 bits per heavy atom. The molecular weight excluding hydrogens is 336 g/mol. The summed E-state index contributed by atoms with van der Waals surface area (Å²) in [5, 5.41) is 10.2. The monoisotopic (exact) mass is 376 g/mol. The molecule has 0 saturated heterocycles. The van der Waals surface area contributed by atoms with Gasteiger partial charge in [0.15, 0.2) is 0 Å². The molecule has 4 saturated carbocycles. The van der Waals surface area contributed by atoms with E-state index in [-0.39, 0.29) is 6.10 Å². The predicted octanol–water partition coefficient (Wildman–Crippen LogP) is 6.46. The smallest absolute Gasteiger partial charge is 0.0543 e. The number of hydrogen-bond donors (Lipinski definition) is 1. The second kappa shape index (κ2) is 7.14. The van der Waals surface area contributed by atoms with E-state index in [9.17, 15) is 5.11 Å². The lowest BCUT2D eigenvalue weighted by Crippen LogP contribution is -2.53. The van der Waals surface area contributed by atoms with Crippen LogP contribution in [0.5, 0.6) is 0 Å². The summed E-state index contributed by atoms with van der Waals surface area (Å²) in [5.41, 5.74) is 4.61. The Kier molecular flexibility index (Phi) is 5.32. The molecule has 4 aliphatic rings. The molecule has 0 heterocycles. The summed E-state index contributed by atoms with van der Waals surface area (Å²) in [5.74, 6) is 4.89. The quantitative estimate of drug-likeness (QED) is 0.570. The highest BCUT2D eigenvalue weighted by atomic mass is 32.2. The van der Waals surface area contributed by atoms with Crippen molar-refractivity contribution >= 4 is 11.8 Å². The molecule has 4 aliphatic carbocycles. The van der Waals surface area contributed by atoms with Gasteiger partial charge in [0.2, 0.25) is 0 Å². The maximum Gasteiger partial charge on any atom is 0.0543 e. The van der Waals surface area contributed by atoms with Crippen LogP contribution in [-0.4, -0.2) is 23.2 Å². The van der Waals surface area contributed by atoms with E-state index in [1.807, 2.05) is 17.3 Å². The molecule has 0 bridgehead atoms. The molecule has 7 unspecified atom stereocenters. The minimum Gasteiger partial charge on any atom is -0.393 e. The molecule has 0 aliphatic heterocycles. The van der Waals surface area contributed by atoms with Crippen LogP contribution in [0.15, 0.2) is 11.1 Å². The van der Waals surface area contributed by atoms with Gasteiger partial charge in [0.25, 0.3) is 0 Å². The highest BCUT2D eigenvalue weighted by Crippen LogP contribution is 2.67. The topological polar surface area (TPSA) is 20.2 Å². The summed E-state index contributed by atoms with van der Waals surface area (Å²) in [7, 11) is 0. The first-order chi connectivity index (χ1) is 12.4. The van der Waals surface area contributed by atoms with Gasteiger partial charge in [-0.25, -0.2) is 0 Å². The molecular formula is C24H40OS. The van der Waals surface area contributed by atoms with Crippen molar-refractivity contribution in [2.75, 3.05) is 12.0 Å². The lowest BCUT2D eigenvalue weighted by Gasteiger charge is -2.60. The molecule has 0 spiro atoms. The van der Waals surface area contributed by atoms with E-state index in [4.69, 9.17) is 0 Å². The van der Waals surface area contributed by atoms with Crippen LogP contribution < -0.4 is 0 Å². The predicted molar refractivity (Wildman–Crippen MR) is 113 cm³/mol. The first-order valence-electron chi connectivity index (χ1n) is 11.3. The highest BCUT2D eigenvalue weighted by Gasteiger charge is 2.59. The van der Waals surface area contributed by atoms with Crippen LogP contribution in [0.3, 0.4) is 0 Å². The Hall–Kier alpha value is 0.0500.